The van der Waals surface area contributed by atoms with Crippen LogP contribution in [0.15, 0.2) is 54.9 Å². The number of anilines is 1. The SMILES string of the molecule is CCOC(=O)C(CCC(F)F)(CCC(F)F)c1ccc(NC(=O)OC(C)(C)C)c(C(=O)C(=O)n2cc3ccccc3c2)c1. The molecule has 8 nitrogen and oxygen atoms in total. The molecule has 0 saturated heterocycles. The molecule has 43 heavy (non-hydrogen) atoms. The first-order chi connectivity index (χ1) is 20.2. The number of alkyl halides is 4. The van der Waals surface area contributed by atoms with Gasteiger partial charge < -0.3 is 9.47 Å². The lowest BCUT2D eigenvalue weighted by Gasteiger charge is -2.33. The lowest BCUT2D eigenvalue weighted by atomic mass is 9.72. The zero-order chi connectivity index (χ0) is 31.9. The molecule has 1 amide bonds. The third-order valence-corrected chi connectivity index (χ3v) is 6.68. The van der Waals surface area contributed by atoms with Crippen LogP contribution >= 0.6 is 0 Å². The van der Waals surface area contributed by atoms with E-state index in [1.807, 2.05) is 0 Å². The first-order valence-corrected chi connectivity index (χ1v) is 13.7. The summed E-state index contributed by atoms with van der Waals surface area (Å²) in [4.78, 5) is 53.0. The summed E-state index contributed by atoms with van der Waals surface area (Å²) in [5, 5.41) is 3.76. The number of hydrogen-bond acceptors (Lipinski definition) is 6. The first-order valence-electron chi connectivity index (χ1n) is 13.7. The fraction of sp³-hybridized carbons (Fsp3) is 0.419. The molecule has 0 aliphatic heterocycles. The van der Waals surface area contributed by atoms with E-state index >= 15 is 0 Å². The summed E-state index contributed by atoms with van der Waals surface area (Å²) in [6.07, 6.45) is -6.59. The fourth-order valence-corrected chi connectivity index (χ4v) is 4.70. The van der Waals surface area contributed by atoms with Gasteiger partial charge in [-0.2, -0.15) is 0 Å². The molecule has 0 saturated carbocycles. The molecule has 232 valence electrons. The minimum Gasteiger partial charge on any atom is -0.465 e. The highest BCUT2D eigenvalue weighted by atomic mass is 19.3. The number of amides is 1. The molecular weight excluding hydrogens is 572 g/mol. The molecule has 0 atom stereocenters. The molecule has 1 N–H and O–H groups in total. The summed E-state index contributed by atoms with van der Waals surface area (Å²) in [6, 6.07) is 10.5. The van der Waals surface area contributed by atoms with Crippen molar-refractivity contribution in [2.75, 3.05) is 11.9 Å². The van der Waals surface area contributed by atoms with Gasteiger partial charge in [0.25, 0.3) is 5.78 Å². The molecule has 3 aromatic rings. The normalized spacial score (nSPS) is 12.0. The summed E-state index contributed by atoms with van der Waals surface area (Å²) in [5.74, 6) is -3.17. The third kappa shape index (κ3) is 8.42. The second-order valence-electron chi connectivity index (χ2n) is 11.0. The quantitative estimate of drug-likeness (QED) is 0.0997. The number of halogens is 4. The Hall–Kier alpha value is -4.22. The van der Waals surface area contributed by atoms with Crippen molar-refractivity contribution in [3.05, 3.63) is 66.0 Å². The van der Waals surface area contributed by atoms with Crippen LogP contribution in [0.3, 0.4) is 0 Å². The molecule has 0 radical (unpaired) electrons. The average molecular weight is 607 g/mol. The van der Waals surface area contributed by atoms with E-state index in [1.54, 1.807) is 45.0 Å². The highest BCUT2D eigenvalue weighted by Gasteiger charge is 2.43. The molecule has 12 heteroatoms. The third-order valence-electron chi connectivity index (χ3n) is 6.68. The Labute approximate surface area is 246 Å². The molecule has 0 bridgehead atoms. The van der Waals surface area contributed by atoms with Gasteiger partial charge in [-0.1, -0.05) is 30.3 Å². The molecule has 0 aliphatic carbocycles. The van der Waals surface area contributed by atoms with Gasteiger partial charge in [-0.05, 0) is 69.0 Å². The van der Waals surface area contributed by atoms with Gasteiger partial charge in [-0.15, -0.1) is 0 Å². The Morgan fingerprint density at radius 2 is 1.44 bits per heavy atom. The number of ether oxygens (including phenoxy) is 2. The fourth-order valence-electron chi connectivity index (χ4n) is 4.70. The number of fused-ring (bicyclic) bond motifs is 1. The Kier molecular flexibility index (Phi) is 10.7. The molecule has 1 aromatic heterocycles. The van der Waals surface area contributed by atoms with Gasteiger partial charge in [0, 0.05) is 25.2 Å². The summed E-state index contributed by atoms with van der Waals surface area (Å²) >= 11 is 0. The van der Waals surface area contributed by atoms with Gasteiger partial charge in [0.15, 0.2) is 0 Å². The van der Waals surface area contributed by atoms with Crippen LogP contribution < -0.4 is 5.32 Å². The van der Waals surface area contributed by atoms with Crippen LogP contribution in [0.4, 0.5) is 28.0 Å². The van der Waals surface area contributed by atoms with Crippen LogP contribution in [0.1, 0.15) is 74.1 Å². The van der Waals surface area contributed by atoms with Crippen LogP contribution in [0.2, 0.25) is 0 Å². The van der Waals surface area contributed by atoms with E-state index in [-0.39, 0.29) is 17.9 Å². The van der Waals surface area contributed by atoms with Gasteiger partial charge in [-0.25, -0.2) is 22.4 Å². The number of nitrogens with one attached hydrogen (secondary N) is 1. The monoisotopic (exact) mass is 606 g/mol. The Balaban J connectivity index is 2.18. The van der Waals surface area contributed by atoms with E-state index in [2.05, 4.69) is 5.32 Å². The van der Waals surface area contributed by atoms with Crippen molar-refractivity contribution >= 4 is 40.2 Å². The summed E-state index contributed by atoms with van der Waals surface area (Å²) in [5.41, 5.74) is -3.56. The van der Waals surface area contributed by atoms with Crippen molar-refractivity contribution < 1.29 is 46.2 Å². The van der Waals surface area contributed by atoms with Crippen LogP contribution in [0.25, 0.3) is 10.8 Å². The van der Waals surface area contributed by atoms with E-state index in [9.17, 15) is 36.7 Å². The minimum atomic E-state index is -2.86. The Morgan fingerprint density at radius 1 is 0.884 bits per heavy atom. The topological polar surface area (TPSA) is 104 Å². The van der Waals surface area contributed by atoms with Crippen molar-refractivity contribution in [1.29, 1.82) is 0 Å². The maximum atomic E-state index is 13.7. The van der Waals surface area contributed by atoms with Crippen molar-refractivity contribution in [1.82, 2.24) is 4.57 Å². The first kappa shape index (κ1) is 33.3. The van der Waals surface area contributed by atoms with E-state index in [4.69, 9.17) is 9.47 Å². The number of carbonyl (C=O) groups is 4. The van der Waals surface area contributed by atoms with Crippen LogP contribution in [-0.4, -0.2) is 53.4 Å². The lowest BCUT2D eigenvalue weighted by Crippen LogP contribution is -2.39. The molecular formula is C31H34F4N2O6. The number of carbonyl (C=O) groups excluding carboxylic acids is 4. The summed E-state index contributed by atoms with van der Waals surface area (Å²) < 4.78 is 65.1. The highest BCUT2D eigenvalue weighted by molar-refractivity contribution is 6.45. The van der Waals surface area contributed by atoms with Crippen molar-refractivity contribution in [2.45, 2.75) is 77.2 Å². The number of hydrogen-bond donors (Lipinski definition) is 1. The number of aromatic nitrogens is 1. The number of esters is 1. The van der Waals surface area contributed by atoms with E-state index < -0.39 is 78.9 Å². The number of benzene rings is 2. The zero-order valence-electron chi connectivity index (χ0n) is 24.3. The average Bonchev–Trinajstić information content (AvgIpc) is 3.36. The molecule has 0 fully saturated rings. The van der Waals surface area contributed by atoms with Crippen LogP contribution in [0.5, 0.6) is 0 Å². The molecule has 1 heterocycles. The highest BCUT2D eigenvalue weighted by Crippen LogP contribution is 2.39. The van der Waals surface area contributed by atoms with Crippen molar-refractivity contribution in [2.24, 2.45) is 0 Å². The number of Topliss-reactive ketones (excluding diaryl/α,β-unsaturated/α-hetero) is 1. The Morgan fingerprint density at radius 3 is 1.93 bits per heavy atom. The maximum Gasteiger partial charge on any atom is 0.412 e. The molecule has 3 rings (SSSR count). The van der Waals surface area contributed by atoms with Gasteiger partial charge in [0.2, 0.25) is 12.9 Å². The van der Waals surface area contributed by atoms with Crippen molar-refractivity contribution in [3.63, 3.8) is 0 Å². The largest absolute Gasteiger partial charge is 0.465 e. The summed E-state index contributed by atoms with van der Waals surface area (Å²) in [6.45, 7) is 6.16. The van der Waals surface area contributed by atoms with Gasteiger partial charge in [-0.3, -0.25) is 24.3 Å². The standard InChI is InChI=1S/C31H34F4N2O6/c1-5-42-28(40)31(14-12-24(32)33,15-13-25(34)35)21-10-11-23(36-29(41)43-30(2,3)4)22(16-21)26(38)27(39)37-17-19-8-6-7-9-20(19)18-37/h6-11,16-18,24-25H,5,12-15H2,1-4H3,(H,36,41). The number of nitrogens with zero attached hydrogens (tertiary/aromatic N) is 1. The molecule has 0 aliphatic rings. The zero-order valence-corrected chi connectivity index (χ0v) is 24.3. The maximum absolute atomic E-state index is 13.7. The minimum absolute atomic E-state index is 0.0872. The predicted octanol–water partition coefficient (Wildman–Crippen LogP) is 7.40. The van der Waals surface area contributed by atoms with E-state index in [1.165, 1.54) is 31.5 Å². The smallest absolute Gasteiger partial charge is 0.412 e. The van der Waals surface area contributed by atoms with Gasteiger partial charge >= 0.3 is 18.0 Å². The predicted molar refractivity (Wildman–Crippen MR) is 152 cm³/mol. The van der Waals surface area contributed by atoms with E-state index in [0.717, 1.165) is 10.6 Å². The van der Waals surface area contributed by atoms with Gasteiger partial charge in [0.05, 0.1) is 23.3 Å². The molecule has 0 spiro atoms. The number of rotatable bonds is 12. The molecule has 2 aromatic carbocycles. The number of ketones is 1. The Bertz CT molecular complexity index is 1430. The second kappa shape index (κ2) is 13.8. The van der Waals surface area contributed by atoms with Gasteiger partial charge in [0.1, 0.15) is 5.60 Å². The van der Waals surface area contributed by atoms with Crippen molar-refractivity contribution in [3.8, 4) is 0 Å². The van der Waals surface area contributed by atoms with Crippen LogP contribution in [-0.2, 0) is 19.7 Å². The van der Waals surface area contributed by atoms with E-state index in [0.29, 0.717) is 10.8 Å². The molecule has 0 unspecified atom stereocenters. The summed E-state index contributed by atoms with van der Waals surface area (Å²) in [7, 11) is 0. The lowest BCUT2D eigenvalue weighted by molar-refractivity contribution is -0.151. The van der Waals surface area contributed by atoms with Crippen LogP contribution in [0, 0.1) is 0 Å². The second-order valence-corrected chi connectivity index (χ2v) is 11.0.